The Morgan fingerprint density at radius 3 is 2.31 bits per heavy atom. The maximum Gasteiger partial charge on any atom is 0.319 e. The number of urea groups is 1. The standard InChI is InChI=1S/C19H20ClN5O4/c20-14-5-3-13(4-6-14)16(18(27)28)10-22-17(26)11-23-19(29)25-15-7-1-12(2-8-15)9-24-21/h1-9,16H,10-11,21H2,(H,22,26)(H,27,28)(H2,23,25,29). The summed E-state index contributed by atoms with van der Waals surface area (Å²) in [5.74, 6) is 2.53. The van der Waals surface area contributed by atoms with Crippen molar-refractivity contribution in [3.8, 4) is 0 Å². The van der Waals surface area contributed by atoms with E-state index < -0.39 is 23.8 Å². The minimum absolute atomic E-state index is 0.122. The van der Waals surface area contributed by atoms with Crippen molar-refractivity contribution in [1.29, 1.82) is 0 Å². The molecule has 6 N–H and O–H groups in total. The van der Waals surface area contributed by atoms with Crippen molar-refractivity contribution in [2.75, 3.05) is 18.4 Å². The van der Waals surface area contributed by atoms with Crippen LogP contribution < -0.4 is 21.8 Å². The zero-order valence-corrected chi connectivity index (χ0v) is 16.0. The largest absolute Gasteiger partial charge is 0.481 e. The lowest BCUT2D eigenvalue weighted by Gasteiger charge is -2.14. The number of hydrogen-bond acceptors (Lipinski definition) is 5. The molecule has 0 aliphatic heterocycles. The molecule has 2 rings (SSSR count). The highest BCUT2D eigenvalue weighted by Gasteiger charge is 2.20. The van der Waals surface area contributed by atoms with E-state index in [4.69, 9.17) is 17.4 Å². The molecule has 29 heavy (non-hydrogen) atoms. The number of nitrogens with two attached hydrogens (primary N) is 1. The van der Waals surface area contributed by atoms with E-state index in [9.17, 15) is 19.5 Å². The third kappa shape index (κ3) is 7.15. The number of nitrogens with one attached hydrogen (secondary N) is 3. The molecule has 2 aromatic carbocycles. The number of aliphatic carboxylic acids is 1. The second-order valence-electron chi connectivity index (χ2n) is 5.95. The van der Waals surface area contributed by atoms with Crippen LogP contribution in [0.4, 0.5) is 10.5 Å². The fourth-order valence-electron chi connectivity index (χ4n) is 2.40. The SMILES string of the molecule is NN=Cc1ccc(NC(=O)NCC(=O)NCC(C(=O)O)c2ccc(Cl)cc2)cc1. The van der Waals surface area contributed by atoms with Crippen LogP contribution >= 0.6 is 11.6 Å². The number of benzene rings is 2. The Labute approximate surface area is 171 Å². The molecule has 152 valence electrons. The van der Waals surface area contributed by atoms with Crippen molar-refractivity contribution in [3.05, 3.63) is 64.7 Å². The van der Waals surface area contributed by atoms with Crippen molar-refractivity contribution < 1.29 is 19.5 Å². The van der Waals surface area contributed by atoms with Gasteiger partial charge in [-0.25, -0.2) is 4.79 Å². The summed E-state index contributed by atoms with van der Waals surface area (Å²) in [6.45, 7) is -0.431. The molecule has 0 saturated carbocycles. The molecule has 0 aliphatic carbocycles. The number of carbonyl (C=O) groups is 3. The zero-order valence-electron chi connectivity index (χ0n) is 15.3. The fourth-order valence-corrected chi connectivity index (χ4v) is 2.52. The predicted octanol–water partition coefficient (Wildman–Crippen LogP) is 1.74. The zero-order chi connectivity index (χ0) is 21.2. The molecule has 0 fully saturated rings. The van der Waals surface area contributed by atoms with Gasteiger partial charge in [0.15, 0.2) is 0 Å². The summed E-state index contributed by atoms with van der Waals surface area (Å²) in [5.41, 5.74) is 1.80. The first-order valence-electron chi connectivity index (χ1n) is 8.52. The number of carbonyl (C=O) groups excluding carboxylic acids is 2. The smallest absolute Gasteiger partial charge is 0.319 e. The average Bonchev–Trinajstić information content (AvgIpc) is 2.69. The van der Waals surface area contributed by atoms with Crippen LogP contribution in [0.25, 0.3) is 0 Å². The van der Waals surface area contributed by atoms with Gasteiger partial charge in [-0.05, 0) is 35.4 Å². The van der Waals surface area contributed by atoms with Gasteiger partial charge in [-0.3, -0.25) is 9.59 Å². The lowest BCUT2D eigenvalue weighted by molar-refractivity contribution is -0.138. The number of nitrogens with zero attached hydrogens (tertiary/aromatic N) is 1. The van der Waals surface area contributed by atoms with Crippen LogP contribution in [0.1, 0.15) is 17.0 Å². The van der Waals surface area contributed by atoms with E-state index in [0.29, 0.717) is 16.3 Å². The van der Waals surface area contributed by atoms with Crippen LogP contribution in [0, 0.1) is 0 Å². The molecule has 0 bridgehead atoms. The highest BCUT2D eigenvalue weighted by molar-refractivity contribution is 6.30. The maximum absolute atomic E-state index is 11.9. The number of rotatable bonds is 8. The van der Waals surface area contributed by atoms with Gasteiger partial charge in [0, 0.05) is 17.3 Å². The summed E-state index contributed by atoms with van der Waals surface area (Å²) >= 11 is 5.80. The normalized spacial score (nSPS) is 11.6. The molecule has 0 aliphatic rings. The topological polar surface area (TPSA) is 146 Å². The van der Waals surface area contributed by atoms with Gasteiger partial charge in [0.2, 0.25) is 5.91 Å². The lowest BCUT2D eigenvalue weighted by atomic mass is 9.99. The van der Waals surface area contributed by atoms with Crippen LogP contribution in [-0.4, -0.2) is 42.3 Å². The van der Waals surface area contributed by atoms with Gasteiger partial charge < -0.3 is 26.9 Å². The maximum atomic E-state index is 11.9. The molecule has 1 atom stereocenters. The number of carboxylic acid groups (broad SMARTS) is 1. The van der Waals surface area contributed by atoms with Crippen LogP contribution in [-0.2, 0) is 9.59 Å². The average molecular weight is 418 g/mol. The van der Waals surface area contributed by atoms with Gasteiger partial charge >= 0.3 is 12.0 Å². The first-order valence-corrected chi connectivity index (χ1v) is 8.90. The molecule has 0 spiro atoms. The first kappa shape index (κ1) is 21.7. The van der Waals surface area contributed by atoms with Crippen LogP contribution in [0.2, 0.25) is 5.02 Å². The molecule has 0 heterocycles. The van der Waals surface area contributed by atoms with Gasteiger partial charge in [0.05, 0.1) is 18.7 Å². The summed E-state index contributed by atoms with van der Waals surface area (Å²) in [5, 5.41) is 20.7. The quantitative estimate of drug-likeness (QED) is 0.252. The second kappa shape index (κ2) is 10.7. The van der Waals surface area contributed by atoms with Gasteiger partial charge in [0.25, 0.3) is 0 Å². The van der Waals surface area contributed by atoms with Crippen molar-refractivity contribution in [2.45, 2.75) is 5.92 Å². The third-order valence-electron chi connectivity index (χ3n) is 3.88. The van der Waals surface area contributed by atoms with Crippen molar-refractivity contribution in [2.24, 2.45) is 10.9 Å². The van der Waals surface area contributed by atoms with Gasteiger partial charge in [0.1, 0.15) is 0 Å². The molecular formula is C19H20ClN5O4. The van der Waals surface area contributed by atoms with Crippen LogP contribution in [0.3, 0.4) is 0 Å². The number of hydrogen-bond donors (Lipinski definition) is 5. The number of anilines is 1. The summed E-state index contributed by atoms with van der Waals surface area (Å²) in [6.07, 6.45) is 1.46. The summed E-state index contributed by atoms with van der Waals surface area (Å²) < 4.78 is 0. The van der Waals surface area contributed by atoms with E-state index in [-0.39, 0.29) is 13.1 Å². The Bertz CT molecular complexity index is 884. The number of hydrazone groups is 1. The van der Waals surface area contributed by atoms with Crippen molar-refractivity contribution >= 4 is 41.4 Å². The summed E-state index contributed by atoms with van der Waals surface area (Å²) in [6, 6.07) is 12.5. The van der Waals surface area contributed by atoms with E-state index in [2.05, 4.69) is 21.1 Å². The minimum Gasteiger partial charge on any atom is -0.481 e. The Balaban J connectivity index is 1.79. The van der Waals surface area contributed by atoms with E-state index in [0.717, 1.165) is 5.56 Å². The predicted molar refractivity (Wildman–Crippen MR) is 110 cm³/mol. The Hall–Kier alpha value is -3.59. The monoisotopic (exact) mass is 417 g/mol. The fraction of sp³-hybridized carbons (Fsp3) is 0.158. The number of amides is 3. The summed E-state index contributed by atoms with van der Waals surface area (Å²) in [7, 11) is 0. The van der Waals surface area contributed by atoms with E-state index in [1.807, 2.05) is 0 Å². The second-order valence-corrected chi connectivity index (χ2v) is 6.39. The van der Waals surface area contributed by atoms with E-state index in [1.54, 1.807) is 48.5 Å². The number of carboxylic acids is 1. The van der Waals surface area contributed by atoms with Crippen molar-refractivity contribution in [3.63, 3.8) is 0 Å². The molecule has 9 nitrogen and oxygen atoms in total. The van der Waals surface area contributed by atoms with E-state index in [1.165, 1.54) is 6.21 Å². The molecule has 10 heteroatoms. The number of halogens is 1. The Kier molecular flexibility index (Phi) is 7.99. The highest BCUT2D eigenvalue weighted by Crippen LogP contribution is 2.18. The first-order chi connectivity index (χ1) is 13.9. The van der Waals surface area contributed by atoms with Crippen molar-refractivity contribution in [1.82, 2.24) is 10.6 Å². The molecule has 0 saturated heterocycles. The molecule has 1 unspecified atom stereocenters. The Morgan fingerprint density at radius 1 is 1.07 bits per heavy atom. The molecule has 2 aromatic rings. The van der Waals surface area contributed by atoms with E-state index >= 15 is 0 Å². The summed E-state index contributed by atoms with van der Waals surface area (Å²) in [4.78, 5) is 35.3. The molecule has 3 amide bonds. The Morgan fingerprint density at radius 2 is 1.72 bits per heavy atom. The molecule has 0 aromatic heterocycles. The van der Waals surface area contributed by atoms with Gasteiger partial charge in [-0.15, -0.1) is 0 Å². The molecular weight excluding hydrogens is 398 g/mol. The van der Waals surface area contributed by atoms with Gasteiger partial charge in [-0.2, -0.15) is 5.10 Å². The minimum atomic E-state index is -1.08. The highest BCUT2D eigenvalue weighted by atomic mass is 35.5. The van der Waals surface area contributed by atoms with Crippen LogP contribution in [0.5, 0.6) is 0 Å². The third-order valence-corrected chi connectivity index (χ3v) is 4.13. The lowest BCUT2D eigenvalue weighted by Crippen LogP contribution is -2.41. The van der Waals surface area contributed by atoms with Crippen LogP contribution in [0.15, 0.2) is 53.6 Å². The molecule has 0 radical (unpaired) electrons. The van der Waals surface area contributed by atoms with Gasteiger partial charge in [-0.1, -0.05) is 35.9 Å².